The summed E-state index contributed by atoms with van der Waals surface area (Å²) in [4.78, 5) is 45.3. The average molecular weight is 408 g/mol. The summed E-state index contributed by atoms with van der Waals surface area (Å²) in [6, 6.07) is 0. The van der Waals surface area contributed by atoms with Crippen LogP contribution in [0.2, 0.25) is 0 Å². The van der Waals surface area contributed by atoms with Gasteiger partial charge in [-0.2, -0.15) is 11.8 Å². The Hall–Kier alpha value is 1.68. The van der Waals surface area contributed by atoms with Gasteiger partial charge in [0.05, 0.1) is 0 Å². The zero-order valence-corrected chi connectivity index (χ0v) is 18.1. The van der Waals surface area contributed by atoms with Crippen molar-refractivity contribution in [2.45, 2.75) is 27.7 Å². The molecule has 19 heavy (non-hydrogen) atoms. The van der Waals surface area contributed by atoms with E-state index < -0.39 is 13.4 Å². The summed E-state index contributed by atoms with van der Waals surface area (Å²) in [5.41, 5.74) is 0. The standard InChI is InChI=1S/2C4H9.2H3O3PS.Zn/c2*1-4(2)3;2*1-4(2,3)5;/h2*4H,1H2,2-3H3;2*(H3,1,2,3,5);/q2*-1;;;+2. The van der Waals surface area contributed by atoms with Gasteiger partial charge in [0.25, 0.3) is 0 Å². The minimum atomic E-state index is -3.81. The van der Waals surface area contributed by atoms with Crippen molar-refractivity contribution < 1.29 is 48.8 Å². The smallest absolute Gasteiger partial charge is 0.341 e. The molecule has 0 aromatic rings. The monoisotopic (exact) mass is 406 g/mol. The van der Waals surface area contributed by atoms with Crippen LogP contribution in [0.15, 0.2) is 0 Å². The third-order valence-electron chi connectivity index (χ3n) is 0. The summed E-state index contributed by atoms with van der Waals surface area (Å²) >= 11 is 7.21. The fourth-order valence-corrected chi connectivity index (χ4v) is 0. The summed E-state index contributed by atoms with van der Waals surface area (Å²) in [7, 11) is 0. The number of rotatable bonds is 0. The molecular weight excluding hydrogens is 384 g/mol. The van der Waals surface area contributed by atoms with Gasteiger partial charge in [0.15, 0.2) is 0 Å². The van der Waals surface area contributed by atoms with Crippen LogP contribution in [0, 0.1) is 25.7 Å². The first-order chi connectivity index (χ1) is 7.46. The second-order valence-electron chi connectivity index (χ2n) is 3.81. The van der Waals surface area contributed by atoms with Gasteiger partial charge in [-0.15, -0.1) is 0 Å². The molecule has 6 nitrogen and oxygen atoms in total. The molecule has 0 rings (SSSR count). The van der Waals surface area contributed by atoms with Crippen molar-refractivity contribution in [2.24, 2.45) is 11.8 Å². The molecule has 0 aromatic carbocycles. The predicted molar refractivity (Wildman–Crippen MR) is 82.3 cm³/mol. The van der Waals surface area contributed by atoms with Gasteiger partial charge in [-0.1, -0.05) is 27.7 Å². The number of hydrogen-bond donors (Lipinski definition) is 6. The maximum atomic E-state index is 7.56. The first-order valence-corrected chi connectivity index (χ1v) is 10.0. The van der Waals surface area contributed by atoms with E-state index in [-0.39, 0.29) is 19.5 Å². The van der Waals surface area contributed by atoms with E-state index in [4.69, 9.17) is 29.4 Å². The van der Waals surface area contributed by atoms with E-state index in [1.165, 1.54) is 0 Å². The predicted octanol–water partition coefficient (Wildman–Crippen LogP) is 1.33. The Bertz CT molecular complexity index is 206. The third kappa shape index (κ3) is 2170. The first kappa shape index (κ1) is 32.6. The van der Waals surface area contributed by atoms with E-state index in [1.54, 1.807) is 0 Å². The second-order valence-corrected chi connectivity index (χ2v) is 8.81. The van der Waals surface area contributed by atoms with Crippen LogP contribution in [0.1, 0.15) is 27.7 Å². The molecule has 0 saturated carbocycles. The molecule has 0 aliphatic rings. The number of hydrogen-bond acceptors (Lipinski definition) is 2. The van der Waals surface area contributed by atoms with Gasteiger partial charge in [-0.3, -0.25) is 0 Å². The van der Waals surface area contributed by atoms with Crippen molar-refractivity contribution in [3.63, 3.8) is 0 Å². The molecular formula is C8H24O6P2S2Zn. The summed E-state index contributed by atoms with van der Waals surface area (Å²) in [6.45, 7) is 7.89. The van der Waals surface area contributed by atoms with Gasteiger partial charge < -0.3 is 43.2 Å². The van der Waals surface area contributed by atoms with Crippen molar-refractivity contribution >= 4 is 37.1 Å². The normalized spacial score (nSPS) is 10.0. The fourth-order valence-electron chi connectivity index (χ4n) is 0. The van der Waals surface area contributed by atoms with Crippen molar-refractivity contribution in [2.75, 3.05) is 0 Å². The maximum Gasteiger partial charge on any atom is 2.00 e. The van der Waals surface area contributed by atoms with Gasteiger partial charge >= 0.3 is 32.9 Å². The van der Waals surface area contributed by atoms with Crippen LogP contribution in [0.4, 0.5) is 0 Å². The molecule has 6 N–H and O–H groups in total. The Kier molecular flexibility index (Phi) is 30.4. The Labute approximate surface area is 139 Å². The summed E-state index contributed by atoms with van der Waals surface area (Å²) < 4.78 is 0. The summed E-state index contributed by atoms with van der Waals surface area (Å²) in [6.07, 6.45) is 0. The van der Waals surface area contributed by atoms with E-state index in [0.717, 1.165) is 0 Å². The van der Waals surface area contributed by atoms with Gasteiger partial charge in [0.1, 0.15) is 0 Å². The minimum Gasteiger partial charge on any atom is -0.341 e. The molecule has 116 valence electrons. The Morgan fingerprint density at radius 2 is 0.684 bits per heavy atom. The van der Waals surface area contributed by atoms with E-state index in [9.17, 15) is 0 Å². The maximum absolute atomic E-state index is 7.56. The molecule has 0 saturated heterocycles. The summed E-state index contributed by atoms with van der Waals surface area (Å²) in [5, 5.41) is 0. The van der Waals surface area contributed by atoms with Crippen LogP contribution in [-0.4, -0.2) is 29.4 Å². The van der Waals surface area contributed by atoms with Crippen molar-refractivity contribution in [1.29, 1.82) is 0 Å². The molecule has 0 fully saturated rings. The van der Waals surface area contributed by atoms with Gasteiger partial charge in [0, 0.05) is 0 Å². The van der Waals surface area contributed by atoms with E-state index in [0.29, 0.717) is 11.8 Å². The molecule has 0 aliphatic carbocycles. The molecule has 0 amide bonds. The molecule has 0 aromatic heterocycles. The quantitative estimate of drug-likeness (QED) is 0.202. The molecule has 0 atom stereocenters. The third-order valence-corrected chi connectivity index (χ3v) is 0. The zero-order valence-electron chi connectivity index (χ0n) is 11.7. The largest absolute Gasteiger partial charge is 2.00 e. The molecule has 0 radical (unpaired) electrons. The molecule has 11 heteroatoms. The van der Waals surface area contributed by atoms with Crippen LogP contribution >= 0.6 is 13.4 Å². The Morgan fingerprint density at radius 1 is 0.684 bits per heavy atom. The van der Waals surface area contributed by atoms with Crippen LogP contribution < -0.4 is 0 Å². The van der Waals surface area contributed by atoms with Gasteiger partial charge in [0.2, 0.25) is 0 Å². The average Bonchev–Trinajstić information content (AvgIpc) is 1.70. The van der Waals surface area contributed by atoms with E-state index in [2.05, 4.69) is 65.2 Å². The van der Waals surface area contributed by atoms with Crippen molar-refractivity contribution in [3.05, 3.63) is 13.8 Å². The van der Waals surface area contributed by atoms with Crippen molar-refractivity contribution in [3.8, 4) is 0 Å². The molecule has 0 unspecified atom stereocenters. The topological polar surface area (TPSA) is 121 Å². The van der Waals surface area contributed by atoms with Crippen LogP contribution in [0.3, 0.4) is 0 Å². The Morgan fingerprint density at radius 3 is 0.684 bits per heavy atom. The fraction of sp³-hybridized carbons (Fsp3) is 0.750. The van der Waals surface area contributed by atoms with Gasteiger partial charge in [-0.25, -0.2) is 0 Å². The van der Waals surface area contributed by atoms with Crippen molar-refractivity contribution in [1.82, 2.24) is 0 Å². The van der Waals surface area contributed by atoms with Crippen LogP contribution in [0.25, 0.3) is 0 Å². The molecule has 0 bridgehead atoms. The van der Waals surface area contributed by atoms with E-state index in [1.807, 2.05) is 0 Å². The molecule has 0 heterocycles. The minimum absolute atomic E-state index is 0. The zero-order chi connectivity index (χ0) is 16.2. The first-order valence-electron chi connectivity index (χ1n) is 4.69. The molecule has 0 aliphatic heterocycles. The second kappa shape index (κ2) is 17.7. The Balaban J connectivity index is -0.0000000453. The van der Waals surface area contributed by atoms with Crippen LogP contribution in [0.5, 0.6) is 0 Å². The van der Waals surface area contributed by atoms with Gasteiger partial charge in [-0.05, 0) is 23.6 Å². The molecule has 0 spiro atoms. The SMILES string of the molecule is OP(O)(O)=S.OP(O)(O)=S.[CH2-]C(C)C.[CH2-]C(C)C.[Zn+2]. The van der Waals surface area contributed by atoms with Crippen LogP contribution in [-0.2, 0) is 43.1 Å². The summed E-state index contributed by atoms with van der Waals surface area (Å²) in [5.74, 6) is 1.17. The van der Waals surface area contributed by atoms with E-state index >= 15 is 0 Å².